The van der Waals surface area contributed by atoms with E-state index in [4.69, 9.17) is 25.8 Å². The van der Waals surface area contributed by atoms with Crippen molar-refractivity contribution in [1.82, 2.24) is 5.32 Å². The van der Waals surface area contributed by atoms with Crippen LogP contribution in [0, 0.1) is 0 Å². The molecule has 0 amide bonds. The second-order valence-corrected chi connectivity index (χ2v) is 8.02. The molecule has 0 radical (unpaired) electrons. The number of rotatable bonds is 4. The van der Waals surface area contributed by atoms with E-state index in [-0.39, 0.29) is 18.7 Å². The number of allylic oxidation sites excluding steroid dienone is 3. The lowest BCUT2D eigenvalue weighted by Gasteiger charge is -2.34. The highest BCUT2D eigenvalue weighted by molar-refractivity contribution is 6.32. The van der Waals surface area contributed by atoms with E-state index in [1.807, 2.05) is 20.8 Å². The first kappa shape index (κ1) is 19.8. The maximum Gasteiger partial charge on any atom is 0.337 e. The van der Waals surface area contributed by atoms with Gasteiger partial charge in [-0.2, -0.15) is 0 Å². The Balaban J connectivity index is 1.86. The quantitative estimate of drug-likeness (QED) is 0.733. The largest absolute Gasteiger partial charge is 0.459 e. The molecule has 0 saturated heterocycles. The van der Waals surface area contributed by atoms with Crippen molar-refractivity contribution in [3.63, 3.8) is 0 Å². The maximum absolute atomic E-state index is 13.1. The van der Waals surface area contributed by atoms with Gasteiger partial charge in [0.25, 0.3) is 0 Å². The molecule has 2 aliphatic heterocycles. The molecule has 1 aliphatic carbocycles. The molecule has 2 atom stereocenters. The van der Waals surface area contributed by atoms with Crippen molar-refractivity contribution in [3.05, 3.63) is 45.3 Å². The zero-order chi connectivity index (χ0) is 20.7. The number of ketones is 1. The van der Waals surface area contributed by atoms with Crippen LogP contribution in [0.25, 0.3) is 0 Å². The van der Waals surface area contributed by atoms with Crippen LogP contribution in [0.15, 0.2) is 34.7 Å². The summed E-state index contributed by atoms with van der Waals surface area (Å²) < 4.78 is 16.6. The standard InChI is InChI=1S/C22H24ClNO5/c1-4-11(2)29-22(26)19-12(3)24-15-6-5-7-16(25)21(15)20(19)13-8-17-18(9-14(13)23)28-10-27-17/h8-9,11,20,24H,4-7,10H2,1-3H3/t11-,20-/m1/s1. The minimum Gasteiger partial charge on any atom is -0.459 e. The van der Waals surface area contributed by atoms with Crippen LogP contribution in [0.4, 0.5) is 0 Å². The van der Waals surface area contributed by atoms with E-state index in [9.17, 15) is 9.59 Å². The van der Waals surface area contributed by atoms with Crippen molar-refractivity contribution in [1.29, 1.82) is 0 Å². The Morgan fingerprint density at radius 2 is 2.03 bits per heavy atom. The Bertz CT molecular complexity index is 949. The number of dihydropyridines is 1. The molecule has 4 rings (SSSR count). The molecule has 0 spiro atoms. The molecule has 0 unspecified atom stereocenters. The predicted octanol–water partition coefficient (Wildman–Crippen LogP) is 4.38. The number of nitrogens with one attached hydrogen (secondary N) is 1. The Morgan fingerprint density at radius 3 is 2.76 bits per heavy atom. The number of benzene rings is 1. The molecule has 1 aromatic rings. The monoisotopic (exact) mass is 417 g/mol. The van der Waals surface area contributed by atoms with Gasteiger partial charge >= 0.3 is 5.97 Å². The molecule has 0 bridgehead atoms. The summed E-state index contributed by atoms with van der Waals surface area (Å²) in [7, 11) is 0. The molecule has 0 fully saturated rings. The van der Waals surface area contributed by atoms with Crippen LogP contribution >= 0.6 is 11.6 Å². The third kappa shape index (κ3) is 3.50. The predicted molar refractivity (Wildman–Crippen MR) is 108 cm³/mol. The zero-order valence-electron chi connectivity index (χ0n) is 16.8. The summed E-state index contributed by atoms with van der Waals surface area (Å²) in [5, 5.41) is 3.71. The maximum atomic E-state index is 13.1. The van der Waals surface area contributed by atoms with E-state index in [1.54, 1.807) is 12.1 Å². The van der Waals surface area contributed by atoms with Crippen molar-refractivity contribution in [2.24, 2.45) is 0 Å². The molecular weight excluding hydrogens is 394 g/mol. The Kier molecular flexibility index (Phi) is 5.30. The van der Waals surface area contributed by atoms with E-state index in [0.717, 1.165) is 18.5 Å². The van der Waals surface area contributed by atoms with Gasteiger partial charge in [-0.25, -0.2) is 4.79 Å². The van der Waals surface area contributed by atoms with Crippen LogP contribution in [0.2, 0.25) is 5.02 Å². The van der Waals surface area contributed by atoms with Gasteiger partial charge in [0.15, 0.2) is 17.3 Å². The zero-order valence-corrected chi connectivity index (χ0v) is 17.5. The average molecular weight is 418 g/mol. The molecule has 1 N–H and O–H groups in total. The number of fused-ring (bicyclic) bond motifs is 1. The number of hydrogen-bond donors (Lipinski definition) is 1. The van der Waals surface area contributed by atoms with E-state index >= 15 is 0 Å². The van der Waals surface area contributed by atoms with Crippen LogP contribution in [0.5, 0.6) is 11.5 Å². The minimum atomic E-state index is -0.599. The Hall–Kier alpha value is -2.47. The van der Waals surface area contributed by atoms with Crippen molar-refractivity contribution in [2.45, 2.75) is 58.5 Å². The molecule has 6 nitrogen and oxygen atoms in total. The van der Waals surface area contributed by atoms with Gasteiger partial charge in [0.2, 0.25) is 6.79 Å². The fraction of sp³-hybridized carbons (Fsp3) is 0.455. The van der Waals surface area contributed by atoms with Gasteiger partial charge in [0.05, 0.1) is 11.7 Å². The van der Waals surface area contributed by atoms with Gasteiger partial charge in [0, 0.05) is 40.4 Å². The summed E-state index contributed by atoms with van der Waals surface area (Å²) in [4.78, 5) is 26.1. The van der Waals surface area contributed by atoms with Crippen LogP contribution in [-0.4, -0.2) is 24.6 Å². The normalized spacial score (nSPS) is 21.7. The number of carbonyl (C=O) groups excluding carboxylic acids is 2. The summed E-state index contributed by atoms with van der Waals surface area (Å²) in [6.45, 7) is 5.76. The lowest BCUT2D eigenvalue weighted by Crippen LogP contribution is -2.35. The molecule has 7 heteroatoms. The molecule has 0 saturated carbocycles. The van der Waals surface area contributed by atoms with Gasteiger partial charge in [-0.3, -0.25) is 4.79 Å². The molecule has 3 aliphatic rings. The molecule has 29 heavy (non-hydrogen) atoms. The van der Waals surface area contributed by atoms with Crippen molar-refractivity contribution in [3.8, 4) is 11.5 Å². The molecule has 0 aromatic heterocycles. The first-order valence-electron chi connectivity index (χ1n) is 9.94. The van der Waals surface area contributed by atoms with Crippen LogP contribution in [0.3, 0.4) is 0 Å². The summed E-state index contributed by atoms with van der Waals surface area (Å²) in [5.41, 5.74) is 3.21. The second-order valence-electron chi connectivity index (χ2n) is 7.62. The Labute approximate surface area is 174 Å². The smallest absolute Gasteiger partial charge is 0.337 e. The van der Waals surface area contributed by atoms with Crippen LogP contribution in [0.1, 0.15) is 57.9 Å². The number of halogens is 1. The first-order chi connectivity index (χ1) is 13.9. The lowest BCUT2D eigenvalue weighted by atomic mass is 9.75. The lowest BCUT2D eigenvalue weighted by molar-refractivity contribution is -0.144. The third-order valence-corrected chi connectivity index (χ3v) is 6.01. The van der Waals surface area contributed by atoms with Gasteiger partial charge in [0.1, 0.15) is 0 Å². The topological polar surface area (TPSA) is 73.9 Å². The summed E-state index contributed by atoms with van der Waals surface area (Å²) in [6.07, 6.45) is 2.46. The summed E-state index contributed by atoms with van der Waals surface area (Å²) >= 11 is 6.61. The highest BCUT2D eigenvalue weighted by Gasteiger charge is 2.41. The van der Waals surface area contributed by atoms with E-state index in [0.29, 0.717) is 51.8 Å². The summed E-state index contributed by atoms with van der Waals surface area (Å²) in [5.74, 6) is 0.103. The van der Waals surface area contributed by atoms with Gasteiger partial charge in [-0.05, 0) is 44.7 Å². The highest BCUT2D eigenvalue weighted by atomic mass is 35.5. The minimum absolute atomic E-state index is 0.0267. The van der Waals surface area contributed by atoms with E-state index in [2.05, 4.69) is 5.32 Å². The molecule has 154 valence electrons. The second kappa shape index (κ2) is 7.75. The fourth-order valence-electron chi connectivity index (χ4n) is 4.05. The third-order valence-electron chi connectivity index (χ3n) is 5.68. The van der Waals surface area contributed by atoms with Crippen LogP contribution in [-0.2, 0) is 14.3 Å². The molecule has 2 heterocycles. The summed E-state index contributed by atoms with van der Waals surface area (Å²) in [6, 6.07) is 3.46. The van der Waals surface area contributed by atoms with E-state index in [1.165, 1.54) is 0 Å². The first-order valence-corrected chi connectivity index (χ1v) is 10.3. The van der Waals surface area contributed by atoms with Crippen LogP contribution < -0.4 is 14.8 Å². The number of hydrogen-bond acceptors (Lipinski definition) is 6. The van der Waals surface area contributed by atoms with Crippen molar-refractivity contribution < 1.29 is 23.8 Å². The molecular formula is C22H24ClNO5. The average Bonchev–Trinajstić information content (AvgIpc) is 3.13. The van der Waals surface area contributed by atoms with Gasteiger partial charge in [-0.15, -0.1) is 0 Å². The number of carbonyl (C=O) groups is 2. The van der Waals surface area contributed by atoms with Crippen molar-refractivity contribution >= 4 is 23.4 Å². The number of ether oxygens (including phenoxy) is 3. The van der Waals surface area contributed by atoms with Gasteiger partial charge in [-0.1, -0.05) is 18.5 Å². The Morgan fingerprint density at radius 1 is 1.31 bits per heavy atom. The highest BCUT2D eigenvalue weighted by Crippen LogP contribution is 2.48. The van der Waals surface area contributed by atoms with Gasteiger partial charge < -0.3 is 19.5 Å². The number of esters is 1. The fourth-order valence-corrected chi connectivity index (χ4v) is 4.31. The SMILES string of the molecule is CC[C@@H](C)OC(=O)C1=C(C)NC2=C(C(=O)CCC2)[C@@H]1c1cc2c(cc1Cl)OCO2. The molecule has 1 aromatic carbocycles. The van der Waals surface area contributed by atoms with Crippen molar-refractivity contribution in [2.75, 3.05) is 6.79 Å². The van der Waals surface area contributed by atoms with E-state index < -0.39 is 11.9 Å². The number of Topliss-reactive ketones (excluding diaryl/α,β-unsaturated/α-hetero) is 1.